The fourth-order valence-corrected chi connectivity index (χ4v) is 3.36. The molecule has 0 atom stereocenters. The van der Waals surface area contributed by atoms with Crippen LogP contribution in [0.3, 0.4) is 0 Å². The van der Waals surface area contributed by atoms with E-state index in [9.17, 15) is 0 Å². The minimum absolute atomic E-state index is 0.670. The molecule has 0 saturated carbocycles. The number of hydrogen-bond acceptors (Lipinski definition) is 3. The smallest absolute Gasteiger partial charge is 0.179 e. The van der Waals surface area contributed by atoms with Crippen molar-refractivity contribution in [3.8, 4) is 22.4 Å². The molecule has 4 rings (SSSR count). The summed E-state index contributed by atoms with van der Waals surface area (Å²) in [7, 11) is 3.95. The van der Waals surface area contributed by atoms with Gasteiger partial charge in [-0.05, 0) is 18.2 Å². The van der Waals surface area contributed by atoms with Crippen LogP contribution in [0.2, 0.25) is 10.0 Å². The van der Waals surface area contributed by atoms with Gasteiger partial charge in [-0.25, -0.2) is 9.50 Å². The van der Waals surface area contributed by atoms with Crippen LogP contribution >= 0.6 is 23.2 Å². The molecule has 26 heavy (non-hydrogen) atoms. The summed E-state index contributed by atoms with van der Waals surface area (Å²) in [4.78, 5) is 6.65. The highest BCUT2D eigenvalue weighted by Crippen LogP contribution is 2.37. The molecule has 4 nitrogen and oxygen atoms in total. The van der Waals surface area contributed by atoms with E-state index >= 15 is 0 Å². The molecule has 0 amide bonds. The third-order valence-electron chi connectivity index (χ3n) is 4.27. The Morgan fingerprint density at radius 3 is 2.31 bits per heavy atom. The van der Waals surface area contributed by atoms with Crippen molar-refractivity contribution >= 4 is 34.5 Å². The zero-order valence-electron chi connectivity index (χ0n) is 14.3. The van der Waals surface area contributed by atoms with Gasteiger partial charge in [0.1, 0.15) is 5.69 Å². The molecule has 130 valence electrons. The Balaban J connectivity index is 2.07. The van der Waals surface area contributed by atoms with Crippen molar-refractivity contribution in [2.45, 2.75) is 0 Å². The molecule has 0 radical (unpaired) electrons. The van der Waals surface area contributed by atoms with E-state index in [2.05, 4.69) is 10.1 Å². The zero-order chi connectivity index (χ0) is 18.3. The SMILES string of the molecule is CN(C)c1cnn2c(-c3ccc(Cl)cc3)c(-c3ccccc3Cl)cnc12. The van der Waals surface area contributed by atoms with Crippen LogP contribution in [0.15, 0.2) is 60.9 Å². The Morgan fingerprint density at radius 2 is 1.62 bits per heavy atom. The first kappa shape index (κ1) is 16.9. The lowest BCUT2D eigenvalue weighted by atomic mass is 10.0. The van der Waals surface area contributed by atoms with Crippen LogP contribution in [-0.4, -0.2) is 28.7 Å². The first-order valence-electron chi connectivity index (χ1n) is 8.11. The minimum Gasteiger partial charge on any atom is -0.373 e. The summed E-state index contributed by atoms with van der Waals surface area (Å²) in [6.07, 6.45) is 3.67. The summed E-state index contributed by atoms with van der Waals surface area (Å²) in [5.74, 6) is 0. The molecule has 0 saturated heterocycles. The number of aromatic nitrogens is 3. The molecule has 0 fully saturated rings. The molecule has 0 aliphatic rings. The molecule has 0 unspecified atom stereocenters. The Hall–Kier alpha value is -2.56. The average Bonchev–Trinajstić information content (AvgIpc) is 3.07. The maximum atomic E-state index is 6.46. The van der Waals surface area contributed by atoms with Gasteiger partial charge in [0.05, 0.1) is 11.9 Å². The van der Waals surface area contributed by atoms with E-state index in [0.717, 1.165) is 33.7 Å². The van der Waals surface area contributed by atoms with Gasteiger partial charge in [-0.3, -0.25) is 0 Å². The van der Waals surface area contributed by atoms with Crippen LogP contribution in [0, 0.1) is 0 Å². The normalized spacial score (nSPS) is 11.1. The fraction of sp³-hybridized carbons (Fsp3) is 0.100. The predicted molar refractivity (Wildman–Crippen MR) is 108 cm³/mol. The van der Waals surface area contributed by atoms with Gasteiger partial charge in [0.15, 0.2) is 5.65 Å². The van der Waals surface area contributed by atoms with Crippen molar-refractivity contribution < 1.29 is 0 Å². The first-order valence-corrected chi connectivity index (χ1v) is 8.87. The molecule has 2 heterocycles. The Labute approximate surface area is 161 Å². The fourth-order valence-electron chi connectivity index (χ4n) is 3.00. The third kappa shape index (κ3) is 2.81. The van der Waals surface area contributed by atoms with Crippen molar-refractivity contribution in [3.05, 3.63) is 71.0 Å². The number of fused-ring (bicyclic) bond motifs is 1. The first-order chi connectivity index (χ1) is 12.6. The molecular weight excluding hydrogens is 367 g/mol. The van der Waals surface area contributed by atoms with E-state index in [0.29, 0.717) is 10.0 Å². The van der Waals surface area contributed by atoms with Crippen molar-refractivity contribution in [2.75, 3.05) is 19.0 Å². The van der Waals surface area contributed by atoms with Crippen molar-refractivity contribution in [2.24, 2.45) is 0 Å². The van der Waals surface area contributed by atoms with E-state index < -0.39 is 0 Å². The van der Waals surface area contributed by atoms with Gasteiger partial charge in [0.25, 0.3) is 0 Å². The minimum atomic E-state index is 0.670. The van der Waals surface area contributed by atoms with E-state index in [1.54, 1.807) is 0 Å². The van der Waals surface area contributed by atoms with Crippen LogP contribution in [0.5, 0.6) is 0 Å². The van der Waals surface area contributed by atoms with Gasteiger partial charge in [-0.15, -0.1) is 0 Å². The quantitative estimate of drug-likeness (QED) is 0.473. The second kappa shape index (κ2) is 6.63. The number of halogens is 2. The van der Waals surface area contributed by atoms with Crippen LogP contribution < -0.4 is 4.90 Å². The highest BCUT2D eigenvalue weighted by atomic mass is 35.5. The zero-order valence-corrected chi connectivity index (χ0v) is 15.8. The summed E-state index contributed by atoms with van der Waals surface area (Å²) in [5, 5.41) is 5.95. The largest absolute Gasteiger partial charge is 0.373 e. The molecule has 2 aromatic heterocycles. The monoisotopic (exact) mass is 382 g/mol. The lowest BCUT2D eigenvalue weighted by Crippen LogP contribution is -2.09. The molecule has 2 aromatic carbocycles. The number of benzene rings is 2. The molecule has 0 N–H and O–H groups in total. The number of rotatable bonds is 3. The highest BCUT2D eigenvalue weighted by Gasteiger charge is 2.18. The van der Waals surface area contributed by atoms with Gasteiger partial charge in [-0.1, -0.05) is 53.5 Å². The maximum Gasteiger partial charge on any atom is 0.179 e. The second-order valence-corrected chi connectivity index (χ2v) is 7.01. The topological polar surface area (TPSA) is 33.4 Å². The predicted octanol–water partition coefficient (Wildman–Crippen LogP) is 5.44. The van der Waals surface area contributed by atoms with E-state index in [4.69, 9.17) is 23.2 Å². The molecule has 0 aliphatic heterocycles. The molecule has 0 spiro atoms. The maximum absolute atomic E-state index is 6.46. The van der Waals surface area contributed by atoms with Crippen molar-refractivity contribution in [3.63, 3.8) is 0 Å². The molecule has 0 aliphatic carbocycles. The van der Waals surface area contributed by atoms with Crippen LogP contribution in [-0.2, 0) is 0 Å². The standard InChI is InChI=1S/C20H16Cl2N4/c1-25(2)18-12-24-26-19(13-7-9-14(21)10-8-13)16(11-23-20(18)26)15-5-3-4-6-17(15)22/h3-12H,1-2H3. The summed E-state index contributed by atoms with van der Waals surface area (Å²) >= 11 is 12.5. The van der Waals surface area contributed by atoms with Gasteiger partial charge in [-0.2, -0.15) is 5.10 Å². The summed E-state index contributed by atoms with van der Waals surface area (Å²) in [6.45, 7) is 0. The van der Waals surface area contributed by atoms with Crippen molar-refractivity contribution in [1.82, 2.24) is 14.6 Å². The van der Waals surface area contributed by atoms with Gasteiger partial charge < -0.3 is 4.90 Å². The lowest BCUT2D eigenvalue weighted by molar-refractivity contribution is 0.950. The van der Waals surface area contributed by atoms with E-state index in [-0.39, 0.29) is 0 Å². The second-order valence-electron chi connectivity index (χ2n) is 6.17. The lowest BCUT2D eigenvalue weighted by Gasteiger charge is -2.14. The highest BCUT2D eigenvalue weighted by molar-refractivity contribution is 6.33. The van der Waals surface area contributed by atoms with Crippen LogP contribution in [0.1, 0.15) is 0 Å². The third-order valence-corrected chi connectivity index (χ3v) is 4.85. The Morgan fingerprint density at radius 1 is 0.885 bits per heavy atom. The Bertz CT molecular complexity index is 1080. The van der Waals surface area contributed by atoms with Crippen LogP contribution in [0.4, 0.5) is 5.69 Å². The molecule has 4 aromatic rings. The summed E-state index contributed by atoms with van der Waals surface area (Å²) in [6, 6.07) is 15.4. The number of hydrogen-bond donors (Lipinski definition) is 0. The average molecular weight is 383 g/mol. The van der Waals surface area contributed by atoms with Crippen LogP contribution in [0.25, 0.3) is 28.0 Å². The van der Waals surface area contributed by atoms with E-state index in [1.165, 1.54) is 0 Å². The molecule has 6 heteroatoms. The Kier molecular flexibility index (Phi) is 4.31. The van der Waals surface area contributed by atoms with E-state index in [1.807, 2.05) is 84.4 Å². The summed E-state index contributed by atoms with van der Waals surface area (Å²) in [5.41, 5.74) is 5.48. The van der Waals surface area contributed by atoms with Gasteiger partial charge in [0, 0.05) is 47.0 Å². The molecular formula is C20H16Cl2N4. The number of anilines is 1. The van der Waals surface area contributed by atoms with Gasteiger partial charge >= 0.3 is 0 Å². The van der Waals surface area contributed by atoms with Gasteiger partial charge in [0.2, 0.25) is 0 Å². The summed E-state index contributed by atoms with van der Waals surface area (Å²) < 4.78 is 1.86. The van der Waals surface area contributed by atoms with Crippen molar-refractivity contribution in [1.29, 1.82) is 0 Å². The number of nitrogens with zero attached hydrogens (tertiary/aromatic N) is 4. The molecule has 0 bridgehead atoms.